The number of nitrogens with zero attached hydrogens (tertiary/aromatic N) is 2. The lowest BCUT2D eigenvalue weighted by Crippen LogP contribution is -3.14. The molecule has 1 fully saturated rings. The molecule has 3 aromatic rings. The van der Waals surface area contributed by atoms with E-state index in [4.69, 9.17) is 14.2 Å². The zero-order valence-corrected chi connectivity index (χ0v) is 15.8. The van der Waals surface area contributed by atoms with Crippen LogP contribution in [0, 0.1) is 0 Å². The first-order valence-electron chi connectivity index (χ1n) is 9.33. The van der Waals surface area contributed by atoms with Gasteiger partial charge in [-0.15, -0.1) is 0 Å². The quantitative estimate of drug-likeness (QED) is 0.533. The number of rotatable bonds is 7. The SMILES string of the molecule is COc1cc2[nH]c3c(NCCC[NH+]4CCOCC4)ncnc3c2cc1OC. The van der Waals surface area contributed by atoms with Crippen LogP contribution in [-0.2, 0) is 4.74 Å². The number of methoxy groups -OCH3 is 2. The first kappa shape index (κ1) is 17.8. The summed E-state index contributed by atoms with van der Waals surface area (Å²) in [5, 5.41) is 4.45. The van der Waals surface area contributed by atoms with Gasteiger partial charge in [-0.05, 0) is 6.07 Å². The summed E-state index contributed by atoms with van der Waals surface area (Å²) in [6.45, 7) is 5.96. The lowest BCUT2D eigenvalue weighted by atomic mass is 10.2. The lowest BCUT2D eigenvalue weighted by Gasteiger charge is -2.23. The monoisotopic (exact) mass is 372 g/mol. The van der Waals surface area contributed by atoms with Gasteiger partial charge in [0.2, 0.25) is 0 Å². The molecular formula is C19H26N5O3+. The number of nitrogens with one attached hydrogen (secondary N) is 3. The molecule has 0 unspecified atom stereocenters. The Balaban J connectivity index is 1.52. The maximum absolute atomic E-state index is 5.42. The number of quaternary nitrogens is 1. The number of anilines is 1. The van der Waals surface area contributed by atoms with Crippen LogP contribution in [0.1, 0.15) is 6.42 Å². The Morgan fingerprint density at radius 2 is 1.93 bits per heavy atom. The normalized spacial score (nSPS) is 15.3. The van der Waals surface area contributed by atoms with Gasteiger partial charge in [-0.1, -0.05) is 0 Å². The van der Waals surface area contributed by atoms with Gasteiger partial charge >= 0.3 is 0 Å². The summed E-state index contributed by atoms with van der Waals surface area (Å²) < 4.78 is 16.2. The average Bonchev–Trinajstić information content (AvgIpc) is 3.09. The number of benzene rings is 1. The summed E-state index contributed by atoms with van der Waals surface area (Å²) in [5.74, 6) is 2.20. The van der Waals surface area contributed by atoms with Crippen molar-refractivity contribution in [2.45, 2.75) is 6.42 Å². The molecule has 1 aliphatic heterocycles. The van der Waals surface area contributed by atoms with Crippen LogP contribution in [0.25, 0.3) is 21.9 Å². The Bertz CT molecular complexity index is 920. The molecule has 0 aliphatic carbocycles. The van der Waals surface area contributed by atoms with Crippen molar-refractivity contribution in [3.8, 4) is 11.5 Å². The molecule has 0 spiro atoms. The van der Waals surface area contributed by atoms with Crippen molar-refractivity contribution in [3.63, 3.8) is 0 Å². The molecule has 0 radical (unpaired) electrons. The summed E-state index contributed by atoms with van der Waals surface area (Å²) in [6.07, 6.45) is 2.69. The third kappa shape index (κ3) is 3.63. The number of aromatic amines is 1. The molecule has 4 rings (SSSR count). The van der Waals surface area contributed by atoms with Crippen LogP contribution in [0.5, 0.6) is 11.5 Å². The number of hydrogen-bond acceptors (Lipinski definition) is 6. The molecule has 0 bridgehead atoms. The van der Waals surface area contributed by atoms with E-state index in [0.717, 1.165) is 73.6 Å². The second-order valence-corrected chi connectivity index (χ2v) is 6.72. The van der Waals surface area contributed by atoms with Gasteiger partial charge in [0.15, 0.2) is 17.3 Å². The fourth-order valence-corrected chi connectivity index (χ4v) is 3.61. The summed E-state index contributed by atoms with van der Waals surface area (Å²) in [4.78, 5) is 13.9. The van der Waals surface area contributed by atoms with Crippen molar-refractivity contribution in [2.75, 3.05) is 58.9 Å². The highest BCUT2D eigenvalue weighted by Gasteiger charge is 2.15. The van der Waals surface area contributed by atoms with E-state index in [-0.39, 0.29) is 0 Å². The summed E-state index contributed by atoms with van der Waals surface area (Å²) in [7, 11) is 3.27. The van der Waals surface area contributed by atoms with Gasteiger partial charge < -0.3 is 29.4 Å². The van der Waals surface area contributed by atoms with Gasteiger partial charge in [0, 0.05) is 24.4 Å². The highest BCUT2D eigenvalue weighted by atomic mass is 16.5. The van der Waals surface area contributed by atoms with E-state index in [1.807, 2.05) is 12.1 Å². The molecule has 8 nitrogen and oxygen atoms in total. The highest BCUT2D eigenvalue weighted by Crippen LogP contribution is 2.36. The van der Waals surface area contributed by atoms with Gasteiger partial charge in [-0.2, -0.15) is 0 Å². The number of fused-ring (bicyclic) bond motifs is 3. The van der Waals surface area contributed by atoms with Crippen molar-refractivity contribution in [1.29, 1.82) is 0 Å². The summed E-state index contributed by atoms with van der Waals surface area (Å²) >= 11 is 0. The van der Waals surface area contributed by atoms with Crippen molar-refractivity contribution < 1.29 is 19.1 Å². The van der Waals surface area contributed by atoms with Crippen LogP contribution in [0.3, 0.4) is 0 Å². The largest absolute Gasteiger partial charge is 0.493 e. The molecule has 144 valence electrons. The molecule has 8 heteroatoms. The fraction of sp³-hybridized carbons (Fsp3) is 0.474. The minimum atomic E-state index is 0.688. The molecule has 0 atom stereocenters. The Hall–Kier alpha value is -2.58. The van der Waals surface area contributed by atoms with E-state index < -0.39 is 0 Å². The van der Waals surface area contributed by atoms with Crippen molar-refractivity contribution in [1.82, 2.24) is 15.0 Å². The van der Waals surface area contributed by atoms with Crippen molar-refractivity contribution in [2.24, 2.45) is 0 Å². The number of ether oxygens (including phenoxy) is 3. The lowest BCUT2D eigenvalue weighted by molar-refractivity contribution is -0.908. The van der Waals surface area contributed by atoms with Crippen molar-refractivity contribution >= 4 is 27.8 Å². The fourth-order valence-electron chi connectivity index (χ4n) is 3.61. The average molecular weight is 372 g/mol. The zero-order valence-electron chi connectivity index (χ0n) is 15.8. The van der Waals surface area contributed by atoms with Crippen molar-refractivity contribution in [3.05, 3.63) is 18.5 Å². The third-order valence-electron chi connectivity index (χ3n) is 5.09. The van der Waals surface area contributed by atoms with E-state index in [1.54, 1.807) is 25.4 Å². The van der Waals surface area contributed by atoms with E-state index in [1.165, 1.54) is 0 Å². The van der Waals surface area contributed by atoms with Crippen LogP contribution in [0.2, 0.25) is 0 Å². The smallest absolute Gasteiger partial charge is 0.162 e. The molecule has 1 aliphatic rings. The van der Waals surface area contributed by atoms with Gasteiger partial charge in [0.1, 0.15) is 30.5 Å². The van der Waals surface area contributed by atoms with Crippen LogP contribution < -0.4 is 19.7 Å². The first-order valence-corrected chi connectivity index (χ1v) is 9.33. The van der Waals surface area contributed by atoms with Crippen LogP contribution in [-0.4, -0.2) is 68.6 Å². The molecular weight excluding hydrogens is 346 g/mol. The Kier molecular flexibility index (Phi) is 5.26. The summed E-state index contributed by atoms with van der Waals surface area (Å²) in [6, 6.07) is 3.88. The minimum Gasteiger partial charge on any atom is -0.493 e. The second-order valence-electron chi connectivity index (χ2n) is 6.72. The predicted octanol–water partition coefficient (Wildman–Crippen LogP) is 0.845. The second kappa shape index (κ2) is 7.98. The maximum Gasteiger partial charge on any atom is 0.162 e. The summed E-state index contributed by atoms with van der Waals surface area (Å²) in [5.41, 5.74) is 2.73. The minimum absolute atomic E-state index is 0.688. The zero-order chi connectivity index (χ0) is 18.6. The highest BCUT2D eigenvalue weighted by molar-refractivity contribution is 6.09. The third-order valence-corrected chi connectivity index (χ3v) is 5.09. The molecule has 1 saturated heterocycles. The topological polar surface area (TPSA) is 85.7 Å². The Labute approximate surface area is 157 Å². The van der Waals surface area contributed by atoms with E-state index in [9.17, 15) is 0 Å². The molecule has 3 N–H and O–H groups in total. The number of hydrogen-bond donors (Lipinski definition) is 3. The molecule has 3 heterocycles. The Morgan fingerprint density at radius 1 is 1.15 bits per heavy atom. The van der Waals surface area contributed by atoms with Gasteiger partial charge in [-0.25, -0.2) is 9.97 Å². The molecule has 0 saturated carbocycles. The number of morpholine rings is 1. The van der Waals surface area contributed by atoms with E-state index >= 15 is 0 Å². The Morgan fingerprint density at radius 3 is 2.70 bits per heavy atom. The van der Waals surface area contributed by atoms with Crippen LogP contribution in [0.4, 0.5) is 5.82 Å². The molecule has 27 heavy (non-hydrogen) atoms. The molecule has 2 aromatic heterocycles. The molecule has 0 amide bonds. The van der Waals surface area contributed by atoms with Crippen LogP contribution in [0.15, 0.2) is 18.5 Å². The number of aromatic nitrogens is 3. The van der Waals surface area contributed by atoms with Gasteiger partial charge in [0.05, 0.1) is 39.5 Å². The van der Waals surface area contributed by atoms with Gasteiger partial charge in [0.25, 0.3) is 0 Å². The molecule has 1 aromatic carbocycles. The maximum atomic E-state index is 5.42. The van der Waals surface area contributed by atoms with Gasteiger partial charge in [-0.3, -0.25) is 0 Å². The standard InChI is InChI=1S/C19H25N5O3/c1-25-15-10-13-14(11-16(15)26-2)23-18-17(13)21-12-22-19(18)20-4-3-5-24-6-8-27-9-7-24/h10-12,23H,3-9H2,1-2H3,(H,20,21,22)/p+1. The predicted molar refractivity (Wildman–Crippen MR) is 104 cm³/mol. The van der Waals surface area contributed by atoms with Crippen LogP contribution >= 0.6 is 0 Å². The first-order chi connectivity index (χ1) is 13.3. The van der Waals surface area contributed by atoms with E-state index in [2.05, 4.69) is 20.3 Å². The number of H-pyrrole nitrogens is 1. The van der Waals surface area contributed by atoms with E-state index in [0.29, 0.717) is 11.5 Å².